The first-order chi connectivity index (χ1) is 12.5. The van der Waals surface area contributed by atoms with Crippen LogP contribution in [-0.4, -0.2) is 35.4 Å². The van der Waals surface area contributed by atoms with E-state index < -0.39 is 7.82 Å². The fourth-order valence-corrected chi connectivity index (χ4v) is 3.62. The molecule has 7 heteroatoms. The van der Waals surface area contributed by atoms with Crippen LogP contribution in [0.4, 0.5) is 0 Å². The molecule has 0 unspecified atom stereocenters. The molecule has 0 aliphatic carbocycles. The van der Waals surface area contributed by atoms with Crippen molar-refractivity contribution in [3.05, 3.63) is 0 Å². The van der Waals surface area contributed by atoms with Crippen molar-refractivity contribution in [1.82, 2.24) is 0 Å². The standard InChI is InChI=1S/C19H39O6P/c1-2-3-4-5-6-7-8-9-10-11-12-13-14-15-19-23-16-18(25-19)17-24-26(20,21)22/h18-19H,2-17H2,1H3,(H2,20,21,22)/t18-,19-/m1/s1. The SMILES string of the molecule is CCCCCCCCCCCCCCC[C@@H]1OC[C@H](COP(=O)(O)O)O1. The Balaban J connectivity index is 1.82. The first-order valence-electron chi connectivity index (χ1n) is 10.5. The summed E-state index contributed by atoms with van der Waals surface area (Å²) in [6.45, 7) is 2.47. The van der Waals surface area contributed by atoms with Gasteiger partial charge in [-0.2, -0.15) is 0 Å². The van der Waals surface area contributed by atoms with Crippen LogP contribution in [0.1, 0.15) is 96.8 Å². The fraction of sp³-hybridized carbons (Fsp3) is 1.00. The van der Waals surface area contributed by atoms with Crippen LogP contribution in [0, 0.1) is 0 Å². The first kappa shape index (κ1) is 24.1. The third-order valence-electron chi connectivity index (χ3n) is 4.78. The highest BCUT2D eigenvalue weighted by atomic mass is 31.2. The molecule has 1 saturated heterocycles. The Labute approximate surface area is 159 Å². The zero-order valence-electron chi connectivity index (χ0n) is 16.4. The van der Waals surface area contributed by atoms with Gasteiger partial charge in [-0.25, -0.2) is 4.57 Å². The van der Waals surface area contributed by atoms with E-state index in [9.17, 15) is 4.57 Å². The third kappa shape index (κ3) is 14.1. The Kier molecular flexibility index (Phi) is 13.9. The van der Waals surface area contributed by atoms with Crippen LogP contribution in [0.2, 0.25) is 0 Å². The summed E-state index contributed by atoms with van der Waals surface area (Å²) in [5, 5.41) is 0. The summed E-state index contributed by atoms with van der Waals surface area (Å²) in [6.07, 6.45) is 17.4. The van der Waals surface area contributed by atoms with Crippen LogP contribution >= 0.6 is 7.82 Å². The summed E-state index contributed by atoms with van der Waals surface area (Å²) < 4.78 is 26.2. The number of hydrogen-bond acceptors (Lipinski definition) is 4. The van der Waals surface area contributed by atoms with Crippen molar-refractivity contribution in [3.63, 3.8) is 0 Å². The fourth-order valence-electron chi connectivity index (χ4n) is 3.26. The second-order valence-corrected chi connectivity index (χ2v) is 8.58. The minimum atomic E-state index is -4.42. The Morgan fingerprint density at radius 2 is 1.38 bits per heavy atom. The van der Waals surface area contributed by atoms with Crippen molar-refractivity contribution in [2.24, 2.45) is 0 Å². The summed E-state index contributed by atoms with van der Waals surface area (Å²) in [6, 6.07) is 0. The van der Waals surface area contributed by atoms with E-state index in [2.05, 4.69) is 11.4 Å². The largest absolute Gasteiger partial charge is 0.469 e. The first-order valence-corrected chi connectivity index (χ1v) is 12.0. The molecule has 1 rings (SSSR count). The van der Waals surface area contributed by atoms with Gasteiger partial charge in [0.05, 0.1) is 13.2 Å². The molecule has 0 spiro atoms. The summed E-state index contributed by atoms with van der Waals surface area (Å²) in [5.41, 5.74) is 0. The molecule has 0 aromatic heterocycles. The molecule has 26 heavy (non-hydrogen) atoms. The summed E-state index contributed by atoms with van der Waals surface area (Å²) >= 11 is 0. The second kappa shape index (κ2) is 15.0. The maximum atomic E-state index is 10.7. The molecule has 1 heterocycles. The molecule has 1 aliphatic heterocycles. The number of rotatable bonds is 17. The highest BCUT2D eigenvalue weighted by molar-refractivity contribution is 7.46. The number of phosphoric ester groups is 1. The van der Waals surface area contributed by atoms with Crippen LogP contribution in [0.25, 0.3) is 0 Å². The van der Waals surface area contributed by atoms with Gasteiger partial charge in [0, 0.05) is 0 Å². The molecule has 2 N–H and O–H groups in total. The molecule has 2 atom stereocenters. The Morgan fingerprint density at radius 3 is 1.88 bits per heavy atom. The van der Waals surface area contributed by atoms with E-state index in [-0.39, 0.29) is 19.0 Å². The summed E-state index contributed by atoms with van der Waals surface area (Å²) in [4.78, 5) is 17.3. The van der Waals surface area contributed by atoms with E-state index in [0.29, 0.717) is 6.61 Å². The van der Waals surface area contributed by atoms with E-state index in [1.807, 2.05) is 0 Å². The lowest BCUT2D eigenvalue weighted by Gasteiger charge is -2.12. The molecule has 156 valence electrons. The lowest BCUT2D eigenvalue weighted by molar-refractivity contribution is -0.0698. The number of phosphoric acid groups is 1. The molecule has 0 aromatic carbocycles. The van der Waals surface area contributed by atoms with Gasteiger partial charge < -0.3 is 19.3 Å². The molecule has 0 saturated carbocycles. The van der Waals surface area contributed by atoms with Gasteiger partial charge in [-0.05, 0) is 12.8 Å². The summed E-state index contributed by atoms with van der Waals surface area (Å²) in [5.74, 6) is 0. The molecule has 1 fully saturated rings. The minimum absolute atomic E-state index is 0.126. The van der Waals surface area contributed by atoms with Gasteiger partial charge in [0.25, 0.3) is 0 Å². The minimum Gasteiger partial charge on any atom is -0.350 e. The predicted octanol–water partition coefficient (Wildman–Crippen LogP) is 5.32. The normalized spacial score (nSPS) is 20.7. The van der Waals surface area contributed by atoms with Gasteiger partial charge in [-0.15, -0.1) is 0 Å². The zero-order valence-corrected chi connectivity index (χ0v) is 17.3. The number of unbranched alkanes of at least 4 members (excludes halogenated alkanes) is 12. The Bertz CT molecular complexity index is 373. The Morgan fingerprint density at radius 1 is 0.885 bits per heavy atom. The van der Waals surface area contributed by atoms with Crippen molar-refractivity contribution < 1.29 is 28.3 Å². The molecule has 0 bridgehead atoms. The van der Waals surface area contributed by atoms with Crippen molar-refractivity contribution in [3.8, 4) is 0 Å². The summed E-state index contributed by atoms with van der Waals surface area (Å²) in [7, 11) is -4.42. The van der Waals surface area contributed by atoms with Gasteiger partial charge >= 0.3 is 7.82 Å². The highest BCUT2D eigenvalue weighted by Crippen LogP contribution is 2.36. The van der Waals surface area contributed by atoms with Crippen molar-refractivity contribution in [2.75, 3.05) is 13.2 Å². The van der Waals surface area contributed by atoms with Crippen molar-refractivity contribution in [2.45, 2.75) is 109 Å². The van der Waals surface area contributed by atoms with E-state index in [1.165, 1.54) is 77.0 Å². The van der Waals surface area contributed by atoms with E-state index in [4.69, 9.17) is 19.3 Å². The van der Waals surface area contributed by atoms with E-state index in [1.54, 1.807) is 0 Å². The average molecular weight is 394 g/mol. The molecule has 0 radical (unpaired) electrons. The van der Waals surface area contributed by atoms with Gasteiger partial charge in [0.15, 0.2) is 6.29 Å². The molecule has 0 aromatic rings. The van der Waals surface area contributed by atoms with Gasteiger partial charge in [0.1, 0.15) is 6.10 Å². The molecule has 0 amide bonds. The van der Waals surface area contributed by atoms with Crippen LogP contribution in [0.15, 0.2) is 0 Å². The number of hydrogen-bond donors (Lipinski definition) is 2. The molecule has 1 aliphatic rings. The van der Waals surface area contributed by atoms with Crippen molar-refractivity contribution >= 4 is 7.82 Å². The average Bonchev–Trinajstić information content (AvgIpc) is 3.04. The van der Waals surface area contributed by atoms with Gasteiger partial charge in [0.2, 0.25) is 0 Å². The topological polar surface area (TPSA) is 85.2 Å². The second-order valence-electron chi connectivity index (χ2n) is 7.34. The van der Waals surface area contributed by atoms with Crippen LogP contribution < -0.4 is 0 Å². The van der Waals surface area contributed by atoms with Gasteiger partial charge in [-0.1, -0.05) is 84.0 Å². The lowest BCUT2D eigenvalue weighted by Crippen LogP contribution is -2.18. The Hall–Kier alpha value is 0.0300. The monoisotopic (exact) mass is 394 g/mol. The zero-order chi connectivity index (χ0) is 19.1. The van der Waals surface area contributed by atoms with Crippen LogP contribution in [-0.2, 0) is 18.6 Å². The van der Waals surface area contributed by atoms with Crippen LogP contribution in [0.3, 0.4) is 0 Å². The van der Waals surface area contributed by atoms with Crippen LogP contribution in [0.5, 0.6) is 0 Å². The highest BCUT2D eigenvalue weighted by Gasteiger charge is 2.28. The van der Waals surface area contributed by atoms with E-state index >= 15 is 0 Å². The molecular formula is C19H39O6P. The van der Waals surface area contributed by atoms with Gasteiger partial charge in [-0.3, -0.25) is 4.52 Å². The maximum Gasteiger partial charge on any atom is 0.469 e. The predicted molar refractivity (Wildman–Crippen MR) is 103 cm³/mol. The molecule has 6 nitrogen and oxygen atoms in total. The maximum absolute atomic E-state index is 10.7. The third-order valence-corrected chi connectivity index (χ3v) is 5.27. The molecular weight excluding hydrogens is 355 g/mol. The van der Waals surface area contributed by atoms with E-state index in [0.717, 1.165) is 12.8 Å². The smallest absolute Gasteiger partial charge is 0.350 e. The van der Waals surface area contributed by atoms with Crippen molar-refractivity contribution in [1.29, 1.82) is 0 Å². The quantitative estimate of drug-likeness (QED) is 0.257. The lowest BCUT2D eigenvalue weighted by atomic mass is 10.0. The number of ether oxygens (including phenoxy) is 2.